The molecule has 96 valence electrons. The van der Waals surface area contributed by atoms with E-state index in [4.69, 9.17) is 10.5 Å². The third-order valence-corrected chi connectivity index (χ3v) is 3.34. The van der Waals surface area contributed by atoms with E-state index in [1.165, 1.54) is 7.11 Å². The second-order valence-corrected chi connectivity index (χ2v) is 5.04. The molecular weight excluding hydrogens is 228 g/mol. The van der Waals surface area contributed by atoms with E-state index in [2.05, 4.69) is 18.8 Å². The Morgan fingerprint density at radius 3 is 2.78 bits per heavy atom. The molecule has 0 radical (unpaired) electrons. The Kier molecular flexibility index (Phi) is 3.13. The summed E-state index contributed by atoms with van der Waals surface area (Å²) < 4.78 is 4.74. The highest BCUT2D eigenvalue weighted by atomic mass is 16.5. The number of carbonyl (C=O) groups is 1. The number of hydrogen-bond acceptors (Lipinski definition) is 3. The van der Waals surface area contributed by atoms with Gasteiger partial charge in [-0.15, -0.1) is 0 Å². The predicted molar refractivity (Wildman–Crippen MR) is 71.7 cm³/mol. The van der Waals surface area contributed by atoms with Crippen LogP contribution in [0.4, 0.5) is 0 Å². The van der Waals surface area contributed by atoms with Gasteiger partial charge in [0.25, 0.3) is 0 Å². The zero-order valence-electron chi connectivity index (χ0n) is 10.9. The van der Waals surface area contributed by atoms with Gasteiger partial charge >= 0.3 is 5.97 Å². The molecule has 0 saturated carbocycles. The summed E-state index contributed by atoms with van der Waals surface area (Å²) >= 11 is 0. The number of H-pyrrole nitrogens is 1. The maximum absolute atomic E-state index is 11.6. The molecule has 0 fully saturated rings. The molecule has 0 aliphatic rings. The van der Waals surface area contributed by atoms with E-state index >= 15 is 0 Å². The maximum atomic E-state index is 11.6. The highest BCUT2D eigenvalue weighted by molar-refractivity contribution is 5.96. The van der Waals surface area contributed by atoms with E-state index in [-0.39, 0.29) is 11.4 Å². The van der Waals surface area contributed by atoms with Crippen LogP contribution in [0.2, 0.25) is 0 Å². The predicted octanol–water partition coefficient (Wildman–Crippen LogP) is 2.19. The Morgan fingerprint density at radius 1 is 1.44 bits per heavy atom. The fourth-order valence-electron chi connectivity index (χ4n) is 2.04. The van der Waals surface area contributed by atoms with E-state index in [1.54, 1.807) is 6.07 Å². The number of aromatic nitrogens is 1. The molecule has 0 aliphatic carbocycles. The summed E-state index contributed by atoms with van der Waals surface area (Å²) in [6.07, 6.45) is 1.96. The molecule has 2 rings (SSSR count). The van der Waals surface area contributed by atoms with Crippen molar-refractivity contribution < 1.29 is 9.53 Å². The second kappa shape index (κ2) is 4.46. The molecule has 0 unspecified atom stereocenters. The molecule has 1 aromatic heterocycles. The van der Waals surface area contributed by atoms with Gasteiger partial charge in [0.1, 0.15) is 0 Å². The first-order chi connectivity index (χ1) is 8.49. The molecule has 2 aromatic rings. The SMILES string of the molecule is COC(=O)c1ccc2[nH]cc(C(C)(C)CN)c2c1. The average molecular weight is 246 g/mol. The lowest BCUT2D eigenvalue weighted by molar-refractivity contribution is 0.0601. The Bertz CT molecular complexity index is 584. The number of nitrogens with one attached hydrogen (secondary N) is 1. The Balaban J connectivity index is 2.60. The summed E-state index contributed by atoms with van der Waals surface area (Å²) in [5.74, 6) is -0.324. The molecule has 0 amide bonds. The van der Waals surface area contributed by atoms with Crippen LogP contribution in [0.15, 0.2) is 24.4 Å². The molecule has 0 aliphatic heterocycles. The topological polar surface area (TPSA) is 68.1 Å². The second-order valence-electron chi connectivity index (χ2n) is 5.04. The van der Waals surface area contributed by atoms with Crippen molar-refractivity contribution in [3.05, 3.63) is 35.5 Å². The Hall–Kier alpha value is -1.81. The fourth-order valence-corrected chi connectivity index (χ4v) is 2.04. The van der Waals surface area contributed by atoms with Crippen LogP contribution in [0.1, 0.15) is 29.8 Å². The lowest BCUT2D eigenvalue weighted by Gasteiger charge is -2.21. The molecule has 4 heteroatoms. The van der Waals surface area contributed by atoms with Gasteiger partial charge < -0.3 is 15.5 Å². The van der Waals surface area contributed by atoms with Crippen LogP contribution in [0.25, 0.3) is 10.9 Å². The van der Waals surface area contributed by atoms with Gasteiger partial charge in [0.2, 0.25) is 0 Å². The standard InChI is InChI=1S/C14H18N2O2/c1-14(2,8-15)11-7-16-12-5-4-9(6-10(11)12)13(17)18-3/h4-7,16H,8,15H2,1-3H3. The van der Waals surface area contributed by atoms with Gasteiger partial charge in [-0.2, -0.15) is 0 Å². The number of methoxy groups -OCH3 is 1. The van der Waals surface area contributed by atoms with Crippen LogP contribution in [0.3, 0.4) is 0 Å². The van der Waals surface area contributed by atoms with Gasteiger partial charge in [0, 0.05) is 29.1 Å². The lowest BCUT2D eigenvalue weighted by atomic mass is 9.84. The van der Waals surface area contributed by atoms with Crippen LogP contribution in [0.5, 0.6) is 0 Å². The van der Waals surface area contributed by atoms with Gasteiger partial charge in [-0.3, -0.25) is 0 Å². The van der Waals surface area contributed by atoms with Crippen molar-refractivity contribution in [1.29, 1.82) is 0 Å². The fraction of sp³-hybridized carbons (Fsp3) is 0.357. The third kappa shape index (κ3) is 1.99. The number of rotatable bonds is 3. The average Bonchev–Trinajstić information content (AvgIpc) is 2.81. The Labute approximate surface area is 106 Å². The van der Waals surface area contributed by atoms with E-state index in [1.807, 2.05) is 18.3 Å². The maximum Gasteiger partial charge on any atom is 0.337 e. The normalized spacial score (nSPS) is 11.8. The largest absolute Gasteiger partial charge is 0.465 e. The molecule has 1 heterocycles. The smallest absolute Gasteiger partial charge is 0.337 e. The molecule has 0 spiro atoms. The first-order valence-electron chi connectivity index (χ1n) is 5.89. The summed E-state index contributed by atoms with van der Waals surface area (Å²) in [4.78, 5) is 14.8. The van der Waals surface area contributed by atoms with E-state index < -0.39 is 0 Å². The first-order valence-corrected chi connectivity index (χ1v) is 5.89. The van der Waals surface area contributed by atoms with Crippen molar-refractivity contribution in [2.45, 2.75) is 19.3 Å². The molecule has 18 heavy (non-hydrogen) atoms. The van der Waals surface area contributed by atoms with Crippen molar-refractivity contribution in [3.8, 4) is 0 Å². The van der Waals surface area contributed by atoms with Crippen molar-refractivity contribution in [2.75, 3.05) is 13.7 Å². The van der Waals surface area contributed by atoms with Crippen molar-refractivity contribution >= 4 is 16.9 Å². The number of aromatic amines is 1. The van der Waals surface area contributed by atoms with Gasteiger partial charge in [0.05, 0.1) is 12.7 Å². The number of fused-ring (bicyclic) bond motifs is 1. The molecule has 0 saturated heterocycles. The zero-order chi connectivity index (χ0) is 13.3. The van der Waals surface area contributed by atoms with Crippen molar-refractivity contribution in [2.24, 2.45) is 5.73 Å². The first kappa shape index (κ1) is 12.6. The van der Waals surface area contributed by atoms with Crippen LogP contribution in [0, 0.1) is 0 Å². The van der Waals surface area contributed by atoms with Crippen LogP contribution < -0.4 is 5.73 Å². The zero-order valence-corrected chi connectivity index (χ0v) is 10.9. The van der Waals surface area contributed by atoms with E-state index in [0.29, 0.717) is 12.1 Å². The number of ether oxygens (including phenoxy) is 1. The summed E-state index contributed by atoms with van der Waals surface area (Å²) in [7, 11) is 1.38. The number of nitrogens with two attached hydrogens (primary N) is 1. The third-order valence-electron chi connectivity index (χ3n) is 3.34. The van der Waals surface area contributed by atoms with Crippen molar-refractivity contribution in [1.82, 2.24) is 4.98 Å². The minimum absolute atomic E-state index is 0.132. The van der Waals surface area contributed by atoms with E-state index in [9.17, 15) is 4.79 Å². The molecule has 0 bridgehead atoms. The molecular formula is C14H18N2O2. The summed E-state index contributed by atoms with van der Waals surface area (Å²) in [5, 5.41) is 1.02. The highest BCUT2D eigenvalue weighted by Crippen LogP contribution is 2.30. The molecule has 3 N–H and O–H groups in total. The van der Waals surface area contributed by atoms with Gasteiger partial charge in [-0.1, -0.05) is 13.8 Å². The van der Waals surface area contributed by atoms with Gasteiger partial charge in [-0.25, -0.2) is 4.79 Å². The minimum atomic E-state index is -0.324. The van der Waals surface area contributed by atoms with Gasteiger partial charge in [0.15, 0.2) is 0 Å². The molecule has 4 nitrogen and oxygen atoms in total. The van der Waals surface area contributed by atoms with Crippen molar-refractivity contribution in [3.63, 3.8) is 0 Å². The number of esters is 1. The summed E-state index contributed by atoms with van der Waals surface area (Å²) in [6, 6.07) is 5.49. The van der Waals surface area contributed by atoms with Gasteiger partial charge in [-0.05, 0) is 23.8 Å². The van der Waals surface area contributed by atoms with Crippen LogP contribution in [-0.2, 0) is 10.2 Å². The minimum Gasteiger partial charge on any atom is -0.465 e. The summed E-state index contributed by atoms with van der Waals surface area (Å²) in [5.41, 5.74) is 8.35. The lowest BCUT2D eigenvalue weighted by Crippen LogP contribution is -2.27. The number of carbonyl (C=O) groups excluding carboxylic acids is 1. The monoisotopic (exact) mass is 246 g/mol. The van der Waals surface area contributed by atoms with Crippen LogP contribution >= 0.6 is 0 Å². The van der Waals surface area contributed by atoms with Crippen LogP contribution in [-0.4, -0.2) is 24.6 Å². The molecule has 1 aromatic carbocycles. The highest BCUT2D eigenvalue weighted by Gasteiger charge is 2.22. The summed E-state index contributed by atoms with van der Waals surface area (Å²) in [6.45, 7) is 4.71. The number of hydrogen-bond donors (Lipinski definition) is 2. The molecule has 0 atom stereocenters. The van der Waals surface area contributed by atoms with E-state index in [0.717, 1.165) is 16.5 Å². The number of benzene rings is 1. The Morgan fingerprint density at radius 2 is 2.17 bits per heavy atom. The quantitative estimate of drug-likeness (QED) is 0.816.